The highest BCUT2D eigenvalue weighted by Crippen LogP contribution is 2.65. The van der Waals surface area contributed by atoms with Crippen molar-refractivity contribution in [2.45, 2.75) is 193 Å². The van der Waals surface area contributed by atoms with Gasteiger partial charge < -0.3 is 0 Å². The van der Waals surface area contributed by atoms with Crippen LogP contribution in [0.3, 0.4) is 0 Å². The van der Waals surface area contributed by atoms with E-state index in [1.54, 1.807) is 38.5 Å². The average Bonchev–Trinajstić information content (AvgIpc) is 3.35. The summed E-state index contributed by atoms with van der Waals surface area (Å²) in [5.41, 5.74) is 3.78. The summed E-state index contributed by atoms with van der Waals surface area (Å²) in [6.07, 6.45) is 23.0. The highest BCUT2D eigenvalue weighted by molar-refractivity contribution is 5.05. The van der Waals surface area contributed by atoms with E-state index in [0.717, 1.165) is 39.9 Å². The van der Waals surface area contributed by atoms with Crippen LogP contribution in [0, 0.1) is 50.7 Å². The Morgan fingerprint density at radius 2 is 1.03 bits per heavy atom. The maximum atomic E-state index is 2.41. The summed E-state index contributed by atoms with van der Waals surface area (Å²) in [6, 6.07) is 0. The van der Waals surface area contributed by atoms with Gasteiger partial charge in [-0.05, 0) is 134 Å². The summed E-state index contributed by atoms with van der Waals surface area (Å²) >= 11 is 0. The van der Waals surface area contributed by atoms with E-state index < -0.39 is 0 Å². The van der Waals surface area contributed by atoms with Gasteiger partial charge in [0, 0.05) is 0 Å². The van der Waals surface area contributed by atoms with Crippen LogP contribution < -0.4 is 0 Å². The van der Waals surface area contributed by atoms with Crippen LogP contribution in [-0.4, -0.2) is 0 Å². The van der Waals surface area contributed by atoms with Crippen molar-refractivity contribution in [3.8, 4) is 0 Å². The molecule has 0 heterocycles. The Labute approximate surface area is 243 Å². The van der Waals surface area contributed by atoms with E-state index in [1.165, 1.54) is 57.8 Å². The van der Waals surface area contributed by atoms with E-state index in [0.29, 0.717) is 10.8 Å². The Morgan fingerprint density at radius 1 is 0.526 bits per heavy atom. The molecule has 6 fully saturated rings. The Bertz CT molecular complexity index is 612. The quantitative estimate of drug-likeness (QED) is 0.315. The molecule has 0 heteroatoms. The summed E-state index contributed by atoms with van der Waals surface area (Å²) in [4.78, 5) is 0. The number of hydrogen-bond acceptors (Lipinski definition) is 0. The highest BCUT2D eigenvalue weighted by atomic mass is 14.6. The van der Waals surface area contributed by atoms with E-state index in [9.17, 15) is 0 Å². The molecule has 0 saturated heterocycles. The molecular formula is C38H76. The van der Waals surface area contributed by atoms with Crippen LogP contribution >= 0.6 is 0 Å². The summed E-state index contributed by atoms with van der Waals surface area (Å²) in [5, 5.41) is 0. The molecule has 6 aliphatic rings. The third kappa shape index (κ3) is 9.00. The Kier molecular flexibility index (Phi) is 14.0. The van der Waals surface area contributed by atoms with E-state index in [-0.39, 0.29) is 0 Å². The van der Waals surface area contributed by atoms with Crippen LogP contribution in [-0.2, 0) is 0 Å². The maximum absolute atomic E-state index is 2.41. The molecule has 228 valence electrons. The molecule has 0 amide bonds. The fourth-order valence-electron chi connectivity index (χ4n) is 8.41. The van der Waals surface area contributed by atoms with Gasteiger partial charge in [0.25, 0.3) is 0 Å². The van der Waals surface area contributed by atoms with Gasteiger partial charge in [-0.2, -0.15) is 0 Å². The molecule has 0 aliphatic heterocycles. The van der Waals surface area contributed by atoms with Crippen LogP contribution in [0.25, 0.3) is 0 Å². The highest BCUT2D eigenvalue weighted by Gasteiger charge is 2.54. The molecule has 0 bridgehead atoms. The van der Waals surface area contributed by atoms with Gasteiger partial charge in [0.2, 0.25) is 0 Å². The maximum Gasteiger partial charge on any atom is -0.0264 e. The van der Waals surface area contributed by atoms with Crippen molar-refractivity contribution in [3.63, 3.8) is 0 Å². The molecule has 0 N–H and O–H groups in total. The van der Waals surface area contributed by atoms with Crippen LogP contribution in [0.2, 0.25) is 0 Å². The lowest BCUT2D eigenvalue weighted by Crippen LogP contribution is -2.51. The van der Waals surface area contributed by atoms with Gasteiger partial charge in [-0.3, -0.25) is 0 Å². The largest absolute Gasteiger partial charge is 0.0683 e. The van der Waals surface area contributed by atoms with Crippen molar-refractivity contribution in [2.75, 3.05) is 0 Å². The van der Waals surface area contributed by atoms with Crippen molar-refractivity contribution in [2.24, 2.45) is 50.7 Å². The number of rotatable bonds is 1. The molecule has 0 aromatic rings. The zero-order valence-corrected chi connectivity index (χ0v) is 29.4. The molecule has 3 spiro atoms. The van der Waals surface area contributed by atoms with Crippen molar-refractivity contribution in [1.29, 1.82) is 0 Å². The third-order valence-electron chi connectivity index (χ3n) is 11.7. The lowest BCUT2D eigenvalue weighted by Gasteiger charge is -2.61. The van der Waals surface area contributed by atoms with Crippen molar-refractivity contribution >= 4 is 0 Å². The van der Waals surface area contributed by atoms with Gasteiger partial charge in [-0.1, -0.05) is 110 Å². The zero-order valence-electron chi connectivity index (χ0n) is 29.4. The molecule has 0 nitrogen and oxygen atoms in total. The van der Waals surface area contributed by atoms with Crippen molar-refractivity contribution in [1.82, 2.24) is 0 Å². The lowest BCUT2D eigenvalue weighted by atomic mass is 9.44. The first-order valence-electron chi connectivity index (χ1n) is 17.8. The topological polar surface area (TPSA) is 0 Å². The second-order valence-electron chi connectivity index (χ2n) is 16.2. The molecule has 6 saturated carbocycles. The Hall–Kier alpha value is 0. The second-order valence-corrected chi connectivity index (χ2v) is 16.2. The van der Waals surface area contributed by atoms with Crippen LogP contribution in [0.15, 0.2) is 0 Å². The van der Waals surface area contributed by atoms with Crippen molar-refractivity contribution < 1.29 is 0 Å². The monoisotopic (exact) mass is 533 g/mol. The minimum Gasteiger partial charge on any atom is -0.0683 e. The molecule has 2 unspecified atom stereocenters. The summed E-state index contributed by atoms with van der Waals surface area (Å²) in [5.74, 6) is 4.09. The third-order valence-corrected chi connectivity index (χ3v) is 11.7. The van der Waals surface area contributed by atoms with E-state index >= 15 is 0 Å². The average molecular weight is 533 g/mol. The second kappa shape index (κ2) is 14.8. The van der Waals surface area contributed by atoms with Crippen LogP contribution in [0.1, 0.15) is 193 Å². The molecule has 38 heavy (non-hydrogen) atoms. The van der Waals surface area contributed by atoms with Crippen LogP contribution in [0.5, 0.6) is 0 Å². The minimum atomic E-state index is 0.582. The van der Waals surface area contributed by atoms with Gasteiger partial charge in [-0.25, -0.2) is 0 Å². The first-order chi connectivity index (χ1) is 17.8. The lowest BCUT2D eigenvalue weighted by molar-refractivity contribution is -0.104. The molecule has 6 rings (SSSR count). The first kappa shape index (κ1) is 36.0. The summed E-state index contributed by atoms with van der Waals surface area (Å²) in [7, 11) is 0. The summed E-state index contributed by atoms with van der Waals surface area (Å²) in [6.45, 7) is 31.2. The SMILES string of the molecule is CC.CC.CC.CC(C)(C)C1CC2(CCC2)C1.CC(C)(C)C1CCC12CCC2.CC(C)C1CCC2(CC2)C1. The molecule has 0 radical (unpaired) electrons. The Morgan fingerprint density at radius 3 is 1.21 bits per heavy atom. The fraction of sp³-hybridized carbons (Fsp3) is 1.00. The van der Waals surface area contributed by atoms with E-state index in [1.807, 2.05) is 41.5 Å². The Balaban J connectivity index is 0.000000259. The van der Waals surface area contributed by atoms with Gasteiger partial charge in [0.05, 0.1) is 0 Å². The van der Waals surface area contributed by atoms with Crippen LogP contribution in [0.4, 0.5) is 0 Å². The van der Waals surface area contributed by atoms with Gasteiger partial charge in [-0.15, -0.1) is 0 Å². The molecule has 0 aromatic heterocycles. The minimum absolute atomic E-state index is 0.582. The van der Waals surface area contributed by atoms with Gasteiger partial charge in [0.1, 0.15) is 0 Å². The van der Waals surface area contributed by atoms with Crippen molar-refractivity contribution in [3.05, 3.63) is 0 Å². The van der Waals surface area contributed by atoms with E-state index in [4.69, 9.17) is 0 Å². The predicted octanol–water partition coefficient (Wildman–Crippen LogP) is 13.5. The van der Waals surface area contributed by atoms with Gasteiger partial charge >= 0.3 is 0 Å². The molecule has 6 aliphatic carbocycles. The zero-order chi connectivity index (χ0) is 29.4. The number of hydrogen-bond donors (Lipinski definition) is 0. The fourth-order valence-corrected chi connectivity index (χ4v) is 8.41. The molecule has 0 aromatic carbocycles. The molecular weight excluding hydrogens is 456 g/mol. The summed E-state index contributed by atoms with van der Waals surface area (Å²) < 4.78 is 0. The first-order valence-corrected chi connectivity index (χ1v) is 17.8. The standard InChI is InChI=1S/2C11H20.C10H18.3C2H6/c1-10(2,3)9-5-8-11(9)6-4-7-11;1-10(2,3)9-7-11(8-9)5-4-6-11;1-8(2)9-3-4-10(7-9)5-6-10;3*1-2/h2*9H,4-8H2,1-3H3;8-9H,3-7H2,1-2H3;3*1-2H3. The smallest absolute Gasteiger partial charge is 0.0264 e. The van der Waals surface area contributed by atoms with E-state index in [2.05, 4.69) is 55.4 Å². The predicted molar refractivity (Wildman–Crippen MR) is 175 cm³/mol. The molecule has 2 atom stereocenters. The van der Waals surface area contributed by atoms with Gasteiger partial charge in [0.15, 0.2) is 0 Å². The normalized spacial score (nSPS) is 28.5.